The van der Waals surface area contributed by atoms with Crippen molar-refractivity contribution >= 4 is 5.91 Å². The minimum absolute atomic E-state index is 0.166. The first kappa shape index (κ1) is 11.8. The highest BCUT2D eigenvalue weighted by Gasteiger charge is 2.29. The standard InChI is InChI=1S/C15H15N3O/c19-15(12-3-4-12)18-9-11-5-7-17-14(8-11)13-2-1-6-16-10-13/h1-2,5-8,10,12H,3-4,9H2,(H,18,19). The van der Waals surface area contributed by atoms with Gasteiger partial charge < -0.3 is 5.32 Å². The molecule has 2 aromatic rings. The van der Waals surface area contributed by atoms with Crippen LogP contribution in [0.2, 0.25) is 0 Å². The summed E-state index contributed by atoms with van der Waals surface area (Å²) in [7, 11) is 0. The van der Waals surface area contributed by atoms with Gasteiger partial charge in [0.2, 0.25) is 5.91 Å². The van der Waals surface area contributed by atoms with Gasteiger partial charge in [-0.25, -0.2) is 0 Å². The number of nitrogens with one attached hydrogen (secondary N) is 1. The molecule has 19 heavy (non-hydrogen) atoms. The summed E-state index contributed by atoms with van der Waals surface area (Å²) in [6, 6.07) is 7.78. The molecule has 0 radical (unpaired) electrons. The molecule has 0 saturated heterocycles. The Hall–Kier alpha value is -2.23. The van der Waals surface area contributed by atoms with Crippen LogP contribution in [-0.2, 0) is 11.3 Å². The maximum Gasteiger partial charge on any atom is 0.223 e. The molecule has 0 atom stereocenters. The van der Waals surface area contributed by atoms with E-state index < -0.39 is 0 Å². The molecule has 0 unspecified atom stereocenters. The largest absolute Gasteiger partial charge is 0.352 e. The van der Waals surface area contributed by atoms with E-state index in [9.17, 15) is 4.79 Å². The Morgan fingerprint density at radius 2 is 2.21 bits per heavy atom. The highest BCUT2D eigenvalue weighted by atomic mass is 16.2. The summed E-state index contributed by atoms with van der Waals surface area (Å²) in [5, 5.41) is 2.96. The molecule has 1 N–H and O–H groups in total. The van der Waals surface area contributed by atoms with Gasteiger partial charge in [-0.1, -0.05) is 0 Å². The van der Waals surface area contributed by atoms with Gasteiger partial charge in [0, 0.05) is 36.6 Å². The van der Waals surface area contributed by atoms with E-state index in [-0.39, 0.29) is 11.8 Å². The Kier molecular flexibility index (Phi) is 3.23. The predicted octanol–water partition coefficient (Wildman–Crippen LogP) is 2.17. The first-order chi connectivity index (χ1) is 9.33. The summed E-state index contributed by atoms with van der Waals surface area (Å²) in [4.78, 5) is 20.0. The Morgan fingerprint density at radius 1 is 1.32 bits per heavy atom. The van der Waals surface area contributed by atoms with Gasteiger partial charge in [0.15, 0.2) is 0 Å². The molecule has 0 aromatic carbocycles. The number of amides is 1. The van der Waals surface area contributed by atoms with E-state index in [0.29, 0.717) is 6.54 Å². The third-order valence-electron chi connectivity index (χ3n) is 3.20. The van der Waals surface area contributed by atoms with Gasteiger partial charge in [-0.05, 0) is 42.7 Å². The molecule has 1 aliphatic rings. The highest BCUT2D eigenvalue weighted by molar-refractivity contribution is 5.80. The molecule has 1 fully saturated rings. The highest BCUT2D eigenvalue weighted by Crippen LogP contribution is 2.28. The molecule has 4 heteroatoms. The zero-order valence-electron chi connectivity index (χ0n) is 10.5. The van der Waals surface area contributed by atoms with Crippen molar-refractivity contribution in [2.24, 2.45) is 5.92 Å². The second kappa shape index (κ2) is 5.18. The third kappa shape index (κ3) is 2.96. The Bertz CT molecular complexity index is 579. The van der Waals surface area contributed by atoms with Crippen molar-refractivity contribution in [3.8, 4) is 11.3 Å². The first-order valence-electron chi connectivity index (χ1n) is 6.46. The van der Waals surface area contributed by atoms with Crippen LogP contribution in [0.3, 0.4) is 0 Å². The van der Waals surface area contributed by atoms with Gasteiger partial charge in [-0.3, -0.25) is 14.8 Å². The van der Waals surface area contributed by atoms with Crippen molar-refractivity contribution < 1.29 is 4.79 Å². The second-order valence-corrected chi connectivity index (χ2v) is 4.78. The van der Waals surface area contributed by atoms with Crippen molar-refractivity contribution in [3.05, 3.63) is 48.4 Å². The smallest absolute Gasteiger partial charge is 0.223 e. The fourth-order valence-electron chi connectivity index (χ4n) is 1.94. The summed E-state index contributed by atoms with van der Waals surface area (Å²) in [5.41, 5.74) is 2.92. The van der Waals surface area contributed by atoms with Crippen LogP contribution in [0.1, 0.15) is 18.4 Å². The van der Waals surface area contributed by atoms with E-state index in [1.54, 1.807) is 18.6 Å². The van der Waals surface area contributed by atoms with Crippen molar-refractivity contribution in [2.45, 2.75) is 19.4 Å². The number of hydrogen-bond donors (Lipinski definition) is 1. The van der Waals surface area contributed by atoms with Crippen LogP contribution in [0.15, 0.2) is 42.9 Å². The lowest BCUT2D eigenvalue weighted by molar-refractivity contribution is -0.122. The molecule has 1 amide bonds. The topological polar surface area (TPSA) is 54.9 Å². The Balaban J connectivity index is 1.71. The van der Waals surface area contributed by atoms with Crippen LogP contribution >= 0.6 is 0 Å². The lowest BCUT2D eigenvalue weighted by Gasteiger charge is -2.06. The fraction of sp³-hybridized carbons (Fsp3) is 0.267. The van der Waals surface area contributed by atoms with Gasteiger partial charge >= 0.3 is 0 Å². The van der Waals surface area contributed by atoms with Crippen molar-refractivity contribution in [2.75, 3.05) is 0 Å². The van der Waals surface area contributed by atoms with Crippen LogP contribution in [0, 0.1) is 5.92 Å². The monoisotopic (exact) mass is 253 g/mol. The number of carbonyl (C=O) groups excluding carboxylic acids is 1. The fourth-order valence-corrected chi connectivity index (χ4v) is 1.94. The molecular weight excluding hydrogens is 238 g/mol. The lowest BCUT2D eigenvalue weighted by atomic mass is 10.1. The van der Waals surface area contributed by atoms with Crippen LogP contribution < -0.4 is 5.32 Å². The lowest BCUT2D eigenvalue weighted by Crippen LogP contribution is -2.24. The van der Waals surface area contributed by atoms with Crippen molar-refractivity contribution in [1.82, 2.24) is 15.3 Å². The number of carbonyl (C=O) groups is 1. The van der Waals surface area contributed by atoms with Crippen LogP contribution in [0.4, 0.5) is 0 Å². The number of aromatic nitrogens is 2. The van der Waals surface area contributed by atoms with Crippen LogP contribution in [0.5, 0.6) is 0 Å². The average Bonchev–Trinajstić information content (AvgIpc) is 3.31. The van der Waals surface area contributed by atoms with E-state index in [4.69, 9.17) is 0 Å². The maximum atomic E-state index is 11.6. The first-order valence-corrected chi connectivity index (χ1v) is 6.46. The third-order valence-corrected chi connectivity index (χ3v) is 3.20. The number of hydrogen-bond acceptors (Lipinski definition) is 3. The van der Waals surface area contributed by atoms with E-state index in [1.165, 1.54) is 0 Å². The van der Waals surface area contributed by atoms with Gasteiger partial charge in [-0.15, -0.1) is 0 Å². The molecule has 1 aliphatic carbocycles. The predicted molar refractivity (Wildman–Crippen MR) is 72.0 cm³/mol. The molecule has 96 valence electrons. The summed E-state index contributed by atoms with van der Waals surface area (Å²) < 4.78 is 0. The van der Waals surface area contributed by atoms with E-state index in [0.717, 1.165) is 29.7 Å². The van der Waals surface area contributed by atoms with Crippen molar-refractivity contribution in [3.63, 3.8) is 0 Å². The Labute approximate surface area is 111 Å². The number of pyridine rings is 2. The molecule has 3 rings (SSSR count). The van der Waals surface area contributed by atoms with Gasteiger partial charge in [0.25, 0.3) is 0 Å². The van der Waals surface area contributed by atoms with Crippen molar-refractivity contribution in [1.29, 1.82) is 0 Å². The maximum absolute atomic E-state index is 11.6. The zero-order chi connectivity index (χ0) is 13.1. The molecule has 0 spiro atoms. The number of nitrogens with zero attached hydrogens (tertiary/aromatic N) is 2. The SMILES string of the molecule is O=C(NCc1ccnc(-c2cccnc2)c1)C1CC1. The average molecular weight is 253 g/mol. The van der Waals surface area contributed by atoms with Gasteiger partial charge in [0.1, 0.15) is 0 Å². The van der Waals surface area contributed by atoms with E-state index >= 15 is 0 Å². The normalized spacial score (nSPS) is 14.1. The molecule has 2 aromatic heterocycles. The summed E-state index contributed by atoms with van der Waals surface area (Å²) in [6.45, 7) is 0.561. The second-order valence-electron chi connectivity index (χ2n) is 4.78. The summed E-state index contributed by atoms with van der Waals surface area (Å²) in [5.74, 6) is 0.416. The molecule has 4 nitrogen and oxygen atoms in total. The van der Waals surface area contributed by atoms with E-state index in [2.05, 4.69) is 15.3 Å². The molecular formula is C15H15N3O. The quantitative estimate of drug-likeness (QED) is 0.908. The molecule has 0 bridgehead atoms. The summed E-state index contributed by atoms with van der Waals surface area (Å²) >= 11 is 0. The molecule has 0 aliphatic heterocycles. The minimum atomic E-state index is 0.166. The summed E-state index contributed by atoms with van der Waals surface area (Å²) in [6.07, 6.45) is 7.35. The van der Waals surface area contributed by atoms with Crippen LogP contribution in [0.25, 0.3) is 11.3 Å². The minimum Gasteiger partial charge on any atom is -0.352 e. The van der Waals surface area contributed by atoms with Gasteiger partial charge in [-0.2, -0.15) is 0 Å². The van der Waals surface area contributed by atoms with Crippen LogP contribution in [-0.4, -0.2) is 15.9 Å². The van der Waals surface area contributed by atoms with E-state index in [1.807, 2.05) is 24.3 Å². The Morgan fingerprint density at radius 3 is 2.95 bits per heavy atom. The zero-order valence-corrected chi connectivity index (χ0v) is 10.5. The molecule has 2 heterocycles. The molecule has 1 saturated carbocycles. The van der Waals surface area contributed by atoms with Gasteiger partial charge in [0.05, 0.1) is 5.69 Å². The number of rotatable bonds is 4.